The van der Waals surface area contributed by atoms with Gasteiger partial charge in [0.15, 0.2) is 0 Å². The third-order valence-corrected chi connectivity index (χ3v) is 9.28. The minimum absolute atomic E-state index is 0.0474. The van der Waals surface area contributed by atoms with Gasteiger partial charge in [-0.3, -0.25) is 4.79 Å². The van der Waals surface area contributed by atoms with E-state index in [0.717, 1.165) is 12.8 Å². The number of esters is 1. The topological polar surface area (TPSA) is 112 Å². The van der Waals surface area contributed by atoms with E-state index in [0.29, 0.717) is 55.1 Å². The van der Waals surface area contributed by atoms with Crippen molar-refractivity contribution in [1.29, 1.82) is 0 Å². The fraction of sp³-hybridized carbons (Fsp3) is 0.571. The maximum Gasteiger partial charge on any atom is 0.310 e. The summed E-state index contributed by atoms with van der Waals surface area (Å²) in [5.74, 6) is 0.875. The van der Waals surface area contributed by atoms with E-state index in [9.17, 15) is 13.2 Å². The van der Waals surface area contributed by atoms with Crippen LogP contribution in [0.1, 0.15) is 30.2 Å². The molecule has 10 heteroatoms. The van der Waals surface area contributed by atoms with Gasteiger partial charge in [0.2, 0.25) is 21.7 Å². The van der Waals surface area contributed by atoms with Gasteiger partial charge in [-0.2, -0.15) is 9.29 Å². The Morgan fingerprint density at radius 2 is 1.94 bits per heavy atom. The molecule has 6 rings (SSSR count). The molecule has 5 atom stereocenters. The maximum absolute atomic E-state index is 13.2. The van der Waals surface area contributed by atoms with Crippen molar-refractivity contribution in [3.8, 4) is 11.4 Å². The Kier molecular flexibility index (Phi) is 4.28. The number of fused-ring (bicyclic) bond motifs is 1. The third-order valence-electron chi connectivity index (χ3n) is 7.24. The zero-order valence-corrected chi connectivity index (χ0v) is 17.9. The molecule has 2 bridgehead atoms. The molecule has 4 fully saturated rings. The summed E-state index contributed by atoms with van der Waals surface area (Å²) < 4.78 is 44.1. The van der Waals surface area contributed by atoms with Crippen LogP contribution in [0.5, 0.6) is 0 Å². The van der Waals surface area contributed by atoms with Crippen LogP contribution in [0, 0.1) is 24.7 Å². The molecule has 164 valence electrons. The monoisotopic (exact) mass is 445 g/mol. The molecule has 1 aromatic carbocycles. The van der Waals surface area contributed by atoms with E-state index in [1.54, 1.807) is 25.1 Å². The predicted octanol–water partition coefficient (Wildman–Crippen LogP) is 1.73. The largest absolute Gasteiger partial charge is 0.462 e. The molecule has 0 amide bonds. The first-order valence-electron chi connectivity index (χ1n) is 10.7. The Balaban J connectivity index is 1.32. The van der Waals surface area contributed by atoms with E-state index in [1.165, 1.54) is 4.31 Å². The lowest BCUT2D eigenvalue weighted by atomic mass is 9.80. The highest BCUT2D eigenvalue weighted by Gasteiger charge is 2.63. The number of rotatable bonds is 4. The molecule has 0 spiro atoms. The van der Waals surface area contributed by atoms with Crippen LogP contribution < -0.4 is 0 Å². The third kappa shape index (κ3) is 2.88. The molecule has 1 aromatic heterocycles. The standard InChI is InChI=1S/C21H23N3O6S/c1-11-2-3-12(10-16(11)31(26,27)24-4-6-28-7-5-24)19-22-20(30-23-19)17-13-8-14-15(9-13)29-21(25)18(14)17/h2-3,10,13-15,17-18H,4-9H2,1H3. The molecule has 0 N–H and O–H groups in total. The minimum Gasteiger partial charge on any atom is -0.462 e. The number of aromatic nitrogens is 2. The van der Waals surface area contributed by atoms with Crippen molar-refractivity contribution in [1.82, 2.24) is 14.4 Å². The number of aryl methyl sites for hydroxylation is 1. The summed E-state index contributed by atoms with van der Waals surface area (Å²) in [6.45, 7) is 3.22. The first-order chi connectivity index (χ1) is 14.9. The number of nitrogens with zero attached hydrogens (tertiary/aromatic N) is 3. The highest BCUT2D eigenvalue weighted by Crippen LogP contribution is 2.61. The fourth-order valence-corrected chi connectivity index (χ4v) is 7.43. The van der Waals surface area contributed by atoms with Gasteiger partial charge in [0.05, 0.1) is 29.9 Å². The van der Waals surface area contributed by atoms with Crippen molar-refractivity contribution in [2.45, 2.75) is 36.7 Å². The summed E-state index contributed by atoms with van der Waals surface area (Å²) in [6, 6.07) is 5.16. The van der Waals surface area contributed by atoms with Gasteiger partial charge in [0.1, 0.15) is 6.10 Å². The SMILES string of the molecule is Cc1ccc(-c2noc(C3C4CC5OC(=O)C3C5C4)n2)cc1S(=O)(=O)N1CCOCC1. The van der Waals surface area contributed by atoms with E-state index in [2.05, 4.69) is 10.1 Å². The van der Waals surface area contributed by atoms with Crippen molar-refractivity contribution in [2.75, 3.05) is 26.3 Å². The van der Waals surface area contributed by atoms with Crippen LogP contribution in [0.2, 0.25) is 0 Å². The lowest BCUT2D eigenvalue weighted by Gasteiger charge is -2.26. The molecule has 2 aliphatic heterocycles. The van der Waals surface area contributed by atoms with Gasteiger partial charge < -0.3 is 14.0 Å². The summed E-state index contributed by atoms with van der Waals surface area (Å²) in [6.07, 6.45) is 1.85. The molecule has 2 saturated heterocycles. The smallest absolute Gasteiger partial charge is 0.310 e. The molecular formula is C21H23N3O6S. The van der Waals surface area contributed by atoms with Gasteiger partial charge in [-0.05, 0) is 37.3 Å². The average molecular weight is 445 g/mol. The zero-order chi connectivity index (χ0) is 21.3. The van der Waals surface area contributed by atoms with Gasteiger partial charge in [0, 0.05) is 24.6 Å². The van der Waals surface area contributed by atoms with Crippen LogP contribution in [0.4, 0.5) is 0 Å². The Morgan fingerprint density at radius 3 is 2.74 bits per heavy atom. The summed E-state index contributed by atoms with van der Waals surface area (Å²) in [4.78, 5) is 17.1. The lowest BCUT2D eigenvalue weighted by molar-refractivity contribution is -0.143. The van der Waals surface area contributed by atoms with Gasteiger partial charge in [0.25, 0.3) is 0 Å². The van der Waals surface area contributed by atoms with Gasteiger partial charge in [-0.25, -0.2) is 8.42 Å². The Labute approximate surface area is 179 Å². The molecule has 31 heavy (non-hydrogen) atoms. The molecule has 3 heterocycles. The first kappa shape index (κ1) is 19.4. The lowest BCUT2D eigenvalue weighted by Crippen LogP contribution is -2.40. The predicted molar refractivity (Wildman–Crippen MR) is 106 cm³/mol. The highest BCUT2D eigenvalue weighted by atomic mass is 32.2. The van der Waals surface area contributed by atoms with Crippen LogP contribution in [0.15, 0.2) is 27.6 Å². The van der Waals surface area contributed by atoms with E-state index in [-0.39, 0.29) is 34.7 Å². The quantitative estimate of drug-likeness (QED) is 0.654. The molecule has 2 saturated carbocycles. The molecular weight excluding hydrogens is 422 g/mol. The average Bonchev–Trinajstić information content (AvgIpc) is 3.51. The summed E-state index contributed by atoms with van der Waals surface area (Å²) in [7, 11) is -3.65. The summed E-state index contributed by atoms with van der Waals surface area (Å²) in [5.41, 5.74) is 1.23. The Bertz CT molecular complexity index is 1150. The van der Waals surface area contributed by atoms with E-state index < -0.39 is 10.0 Å². The van der Waals surface area contributed by atoms with E-state index in [1.807, 2.05) is 0 Å². The Hall–Kier alpha value is -2.30. The Morgan fingerprint density at radius 1 is 1.13 bits per heavy atom. The fourth-order valence-electron chi connectivity index (χ4n) is 5.77. The van der Waals surface area contributed by atoms with Crippen molar-refractivity contribution in [3.63, 3.8) is 0 Å². The van der Waals surface area contributed by atoms with Gasteiger partial charge >= 0.3 is 5.97 Å². The number of ether oxygens (including phenoxy) is 2. The van der Waals surface area contributed by atoms with E-state index >= 15 is 0 Å². The second kappa shape index (κ2) is 6.85. The number of benzene rings is 1. The highest BCUT2D eigenvalue weighted by molar-refractivity contribution is 7.89. The van der Waals surface area contributed by atoms with E-state index in [4.69, 9.17) is 14.0 Å². The molecule has 9 nitrogen and oxygen atoms in total. The van der Waals surface area contributed by atoms with Crippen LogP contribution in [-0.2, 0) is 24.3 Å². The van der Waals surface area contributed by atoms with Crippen molar-refractivity contribution < 1.29 is 27.2 Å². The number of hydrogen-bond donors (Lipinski definition) is 0. The van der Waals surface area contributed by atoms with Gasteiger partial charge in [-0.15, -0.1) is 0 Å². The van der Waals surface area contributed by atoms with Crippen molar-refractivity contribution >= 4 is 16.0 Å². The molecule has 0 radical (unpaired) electrons. The maximum atomic E-state index is 13.2. The minimum atomic E-state index is -3.65. The zero-order valence-electron chi connectivity index (χ0n) is 17.1. The molecule has 2 aliphatic carbocycles. The van der Waals surface area contributed by atoms with Crippen molar-refractivity contribution in [2.24, 2.45) is 17.8 Å². The summed E-state index contributed by atoms with van der Waals surface area (Å²) >= 11 is 0. The number of sulfonamides is 1. The number of carbonyl (C=O) groups is 1. The van der Waals surface area contributed by atoms with Crippen LogP contribution in [0.3, 0.4) is 0 Å². The van der Waals surface area contributed by atoms with Crippen LogP contribution in [-0.4, -0.2) is 61.2 Å². The second-order valence-electron chi connectivity index (χ2n) is 8.88. The van der Waals surface area contributed by atoms with Crippen LogP contribution >= 0.6 is 0 Å². The number of morpholine rings is 1. The second-order valence-corrected chi connectivity index (χ2v) is 10.8. The van der Waals surface area contributed by atoms with Crippen molar-refractivity contribution in [3.05, 3.63) is 29.7 Å². The summed E-state index contributed by atoms with van der Waals surface area (Å²) in [5, 5.41) is 4.12. The molecule has 5 unspecified atom stereocenters. The molecule has 4 aliphatic rings. The van der Waals surface area contributed by atoms with Crippen LogP contribution in [0.25, 0.3) is 11.4 Å². The number of carbonyl (C=O) groups excluding carboxylic acids is 1. The molecule has 2 aromatic rings. The van der Waals surface area contributed by atoms with Gasteiger partial charge in [-0.1, -0.05) is 17.3 Å². The normalized spacial score (nSPS) is 32.5. The number of hydrogen-bond acceptors (Lipinski definition) is 8. The first-order valence-corrected chi connectivity index (χ1v) is 12.1.